The number of rotatable bonds is 7. The van der Waals surface area contributed by atoms with Gasteiger partial charge in [0, 0.05) is 19.1 Å². The second-order valence-corrected chi connectivity index (χ2v) is 7.77. The van der Waals surface area contributed by atoms with Gasteiger partial charge in [0.15, 0.2) is 0 Å². The quantitative estimate of drug-likeness (QED) is 0.571. The number of sulfonamides is 1. The van der Waals surface area contributed by atoms with E-state index >= 15 is 0 Å². The molecule has 0 saturated heterocycles. The van der Waals surface area contributed by atoms with Crippen molar-refractivity contribution in [2.75, 3.05) is 25.9 Å². The monoisotopic (exact) mass is 286 g/mol. The van der Waals surface area contributed by atoms with Crippen molar-refractivity contribution >= 4 is 10.0 Å². The highest BCUT2D eigenvalue weighted by Crippen LogP contribution is 2.35. The molecule has 0 aliphatic heterocycles. The van der Waals surface area contributed by atoms with Crippen LogP contribution in [0, 0.1) is 11.8 Å². The summed E-state index contributed by atoms with van der Waals surface area (Å²) in [7, 11) is -3.03. The predicted octanol–water partition coefficient (Wildman–Crippen LogP) is 1.60. The van der Waals surface area contributed by atoms with Crippen LogP contribution in [0.15, 0.2) is 12.2 Å². The molecule has 3 atom stereocenters. The first-order valence-electron chi connectivity index (χ1n) is 7.37. The third kappa shape index (κ3) is 4.04. The fourth-order valence-electron chi connectivity index (χ4n) is 3.27. The average Bonchev–Trinajstić information content (AvgIpc) is 2.38. The van der Waals surface area contributed by atoms with E-state index in [9.17, 15) is 8.42 Å². The van der Waals surface area contributed by atoms with Crippen molar-refractivity contribution in [2.24, 2.45) is 11.8 Å². The third-order valence-electron chi connectivity index (χ3n) is 4.39. The van der Waals surface area contributed by atoms with Crippen LogP contribution in [0.1, 0.15) is 32.6 Å². The molecule has 3 aliphatic carbocycles. The maximum absolute atomic E-state index is 11.5. The van der Waals surface area contributed by atoms with Crippen molar-refractivity contribution in [3.63, 3.8) is 0 Å². The lowest BCUT2D eigenvalue weighted by Crippen LogP contribution is -2.43. The van der Waals surface area contributed by atoms with Gasteiger partial charge in [0.1, 0.15) is 0 Å². The molecule has 0 heterocycles. The van der Waals surface area contributed by atoms with E-state index < -0.39 is 10.0 Å². The molecule has 1 saturated carbocycles. The van der Waals surface area contributed by atoms with Crippen LogP contribution in [-0.4, -0.2) is 44.7 Å². The highest BCUT2D eigenvalue weighted by molar-refractivity contribution is 7.88. The Kier molecular flexibility index (Phi) is 5.03. The lowest BCUT2D eigenvalue weighted by molar-refractivity contribution is 0.243. The molecule has 0 aromatic heterocycles. The zero-order valence-corrected chi connectivity index (χ0v) is 12.8. The number of allylic oxidation sites excluding steroid dienone is 1. The van der Waals surface area contributed by atoms with E-state index in [1.165, 1.54) is 25.5 Å². The van der Waals surface area contributed by atoms with E-state index in [1.807, 2.05) is 6.92 Å². The molecule has 1 fully saturated rings. The van der Waals surface area contributed by atoms with Crippen LogP contribution in [0.2, 0.25) is 0 Å². The molecule has 19 heavy (non-hydrogen) atoms. The molecule has 0 spiro atoms. The van der Waals surface area contributed by atoms with Crippen LogP contribution in [-0.2, 0) is 10.0 Å². The first kappa shape index (κ1) is 15.0. The van der Waals surface area contributed by atoms with Crippen LogP contribution < -0.4 is 5.32 Å². The highest BCUT2D eigenvalue weighted by atomic mass is 32.2. The fourth-order valence-corrected chi connectivity index (χ4v) is 4.20. The molecule has 0 aromatic carbocycles. The van der Waals surface area contributed by atoms with Gasteiger partial charge in [-0.3, -0.25) is 0 Å². The van der Waals surface area contributed by atoms with Crippen molar-refractivity contribution in [3.8, 4) is 0 Å². The Morgan fingerprint density at radius 3 is 2.58 bits per heavy atom. The summed E-state index contributed by atoms with van der Waals surface area (Å²) in [6.07, 6.45) is 10.8. The lowest BCUT2D eigenvalue weighted by Gasteiger charge is -2.38. The van der Waals surface area contributed by atoms with Gasteiger partial charge in [-0.05, 0) is 44.1 Å². The molecule has 3 aliphatic rings. The molecule has 5 heteroatoms. The second kappa shape index (κ2) is 6.37. The van der Waals surface area contributed by atoms with Gasteiger partial charge in [-0.25, -0.2) is 12.7 Å². The van der Waals surface area contributed by atoms with Crippen molar-refractivity contribution in [3.05, 3.63) is 12.2 Å². The van der Waals surface area contributed by atoms with Gasteiger partial charge in [-0.15, -0.1) is 0 Å². The maximum Gasteiger partial charge on any atom is 0.211 e. The third-order valence-corrected chi connectivity index (χ3v) is 5.77. The number of hydrogen-bond acceptors (Lipinski definition) is 3. The summed E-state index contributed by atoms with van der Waals surface area (Å²) in [5.41, 5.74) is 0. The Morgan fingerprint density at radius 2 is 2.11 bits per heavy atom. The van der Waals surface area contributed by atoms with Crippen LogP contribution in [0.3, 0.4) is 0 Å². The number of nitrogens with one attached hydrogen (secondary N) is 1. The van der Waals surface area contributed by atoms with E-state index in [4.69, 9.17) is 0 Å². The van der Waals surface area contributed by atoms with Gasteiger partial charge in [-0.1, -0.05) is 19.1 Å². The molecule has 110 valence electrons. The first-order valence-corrected chi connectivity index (χ1v) is 9.22. The Bertz CT molecular complexity index is 419. The smallest absolute Gasteiger partial charge is 0.211 e. The molecule has 2 bridgehead atoms. The van der Waals surface area contributed by atoms with Gasteiger partial charge in [0.25, 0.3) is 0 Å². The van der Waals surface area contributed by atoms with E-state index in [0.717, 1.165) is 18.9 Å². The van der Waals surface area contributed by atoms with Crippen molar-refractivity contribution < 1.29 is 8.42 Å². The summed E-state index contributed by atoms with van der Waals surface area (Å²) < 4.78 is 24.5. The molecular formula is C14H26N2O2S. The van der Waals surface area contributed by atoms with Crippen LogP contribution >= 0.6 is 0 Å². The average molecular weight is 286 g/mol. The van der Waals surface area contributed by atoms with E-state index in [1.54, 1.807) is 4.31 Å². The van der Waals surface area contributed by atoms with Crippen molar-refractivity contribution in [2.45, 2.75) is 38.6 Å². The number of fused-ring (bicyclic) bond motifs is 2. The molecule has 0 aromatic rings. The summed E-state index contributed by atoms with van der Waals surface area (Å²) in [5.74, 6) is 1.47. The Morgan fingerprint density at radius 1 is 1.32 bits per heavy atom. The first-order chi connectivity index (χ1) is 9.00. The van der Waals surface area contributed by atoms with Gasteiger partial charge < -0.3 is 5.32 Å². The van der Waals surface area contributed by atoms with Gasteiger partial charge in [-0.2, -0.15) is 0 Å². The molecule has 1 unspecified atom stereocenters. The van der Waals surface area contributed by atoms with Crippen molar-refractivity contribution in [1.82, 2.24) is 9.62 Å². The van der Waals surface area contributed by atoms with Crippen LogP contribution in [0.4, 0.5) is 0 Å². The van der Waals surface area contributed by atoms with Crippen LogP contribution in [0.25, 0.3) is 0 Å². The van der Waals surface area contributed by atoms with Crippen molar-refractivity contribution in [1.29, 1.82) is 0 Å². The summed E-state index contributed by atoms with van der Waals surface area (Å²) in [5, 5.41) is 3.61. The Hall–Kier alpha value is -0.390. The summed E-state index contributed by atoms with van der Waals surface area (Å²) in [6, 6.07) is 0.608. The molecule has 3 rings (SSSR count). The molecule has 0 radical (unpaired) electrons. The van der Waals surface area contributed by atoms with Gasteiger partial charge >= 0.3 is 0 Å². The van der Waals surface area contributed by atoms with Gasteiger partial charge in [0.2, 0.25) is 10.0 Å². The second-order valence-electron chi connectivity index (χ2n) is 5.79. The molecular weight excluding hydrogens is 260 g/mol. The summed E-state index contributed by atoms with van der Waals surface area (Å²) in [6.45, 7) is 3.99. The minimum atomic E-state index is -3.03. The Labute approximate surface area is 117 Å². The molecule has 0 amide bonds. The minimum Gasteiger partial charge on any atom is -0.313 e. The topological polar surface area (TPSA) is 49.4 Å². The minimum absolute atomic E-state index is 0.565. The highest BCUT2D eigenvalue weighted by Gasteiger charge is 2.31. The Balaban J connectivity index is 1.69. The van der Waals surface area contributed by atoms with E-state index in [2.05, 4.69) is 17.5 Å². The SMILES string of the molecule is CCN(CCCNC1C[C@H]2C=C[C@@H]1CC2)S(C)(=O)=O. The van der Waals surface area contributed by atoms with E-state index in [-0.39, 0.29) is 0 Å². The number of nitrogens with zero attached hydrogens (tertiary/aromatic N) is 1. The molecule has 4 nitrogen and oxygen atoms in total. The lowest BCUT2D eigenvalue weighted by atomic mass is 9.73. The summed E-state index contributed by atoms with van der Waals surface area (Å²) >= 11 is 0. The molecule has 1 N–H and O–H groups in total. The normalized spacial score (nSPS) is 30.2. The fraction of sp³-hybridized carbons (Fsp3) is 0.857. The number of hydrogen-bond donors (Lipinski definition) is 1. The summed E-state index contributed by atoms with van der Waals surface area (Å²) in [4.78, 5) is 0. The van der Waals surface area contributed by atoms with E-state index in [0.29, 0.717) is 25.0 Å². The maximum atomic E-state index is 11.5. The van der Waals surface area contributed by atoms with Crippen LogP contribution in [0.5, 0.6) is 0 Å². The zero-order valence-electron chi connectivity index (χ0n) is 12.0. The largest absolute Gasteiger partial charge is 0.313 e. The zero-order chi connectivity index (χ0) is 13.9. The van der Waals surface area contributed by atoms with Gasteiger partial charge in [0.05, 0.1) is 6.26 Å². The standard InChI is InChI=1S/C14H26N2O2S/c1-3-16(19(2,17)18)10-4-9-15-14-11-12-5-7-13(14)8-6-12/h5,7,12-15H,3-4,6,8-11H2,1-2H3/t12-,13+,14?/m0/s1. The predicted molar refractivity (Wildman–Crippen MR) is 78.5 cm³/mol.